The van der Waals surface area contributed by atoms with E-state index in [9.17, 15) is 4.79 Å². The molecule has 0 amide bonds. The topological polar surface area (TPSA) is 42.2 Å². The van der Waals surface area contributed by atoms with Gasteiger partial charge in [-0.15, -0.1) is 0 Å². The van der Waals surface area contributed by atoms with Gasteiger partial charge in [0.25, 0.3) is 0 Å². The quantitative estimate of drug-likeness (QED) is 0.820. The first-order valence-electron chi connectivity index (χ1n) is 5.56. The lowest BCUT2D eigenvalue weighted by molar-refractivity contribution is -0.124. The van der Waals surface area contributed by atoms with Gasteiger partial charge in [0.2, 0.25) is 0 Å². The van der Waals surface area contributed by atoms with E-state index >= 15 is 0 Å². The second-order valence-corrected chi connectivity index (χ2v) is 4.20. The van der Waals surface area contributed by atoms with E-state index in [1.165, 1.54) is 0 Å². The zero-order valence-corrected chi connectivity index (χ0v) is 9.08. The van der Waals surface area contributed by atoms with Crippen molar-refractivity contribution in [3.05, 3.63) is 24.2 Å². The van der Waals surface area contributed by atoms with E-state index in [0.29, 0.717) is 12.2 Å². The molecule has 82 valence electrons. The molecule has 1 saturated heterocycles. The van der Waals surface area contributed by atoms with Crippen LogP contribution in [0.15, 0.2) is 23.0 Å². The van der Waals surface area contributed by atoms with E-state index in [1.54, 1.807) is 12.5 Å². The van der Waals surface area contributed by atoms with Gasteiger partial charge in [0.15, 0.2) is 5.78 Å². The van der Waals surface area contributed by atoms with E-state index in [-0.39, 0.29) is 5.54 Å². The number of ketones is 1. The first kappa shape index (κ1) is 10.4. The molecule has 3 heteroatoms. The molecule has 1 aliphatic rings. The highest BCUT2D eigenvalue weighted by Crippen LogP contribution is 2.25. The van der Waals surface area contributed by atoms with Crippen molar-refractivity contribution < 1.29 is 9.21 Å². The molecule has 1 unspecified atom stereocenters. The fourth-order valence-electron chi connectivity index (χ4n) is 2.29. The fourth-order valence-corrected chi connectivity index (χ4v) is 2.29. The lowest BCUT2D eigenvalue weighted by Gasteiger charge is -2.26. The van der Waals surface area contributed by atoms with Crippen molar-refractivity contribution in [3.63, 3.8) is 0 Å². The SMILES string of the molecule is CCC1(C(=O)Cc2ccoc2)CCCN1. The van der Waals surface area contributed by atoms with E-state index in [4.69, 9.17) is 4.42 Å². The number of nitrogens with one attached hydrogen (secondary N) is 1. The molecule has 2 rings (SSSR count). The molecule has 1 atom stereocenters. The first-order valence-corrected chi connectivity index (χ1v) is 5.56. The van der Waals surface area contributed by atoms with Crippen LogP contribution in [0.1, 0.15) is 31.7 Å². The second kappa shape index (κ2) is 4.19. The normalized spacial score (nSPS) is 25.7. The minimum atomic E-state index is -0.267. The maximum absolute atomic E-state index is 12.2. The van der Waals surface area contributed by atoms with Crippen molar-refractivity contribution in [2.45, 2.75) is 38.1 Å². The zero-order chi connectivity index (χ0) is 10.7. The summed E-state index contributed by atoms with van der Waals surface area (Å²) in [5, 5.41) is 3.35. The number of hydrogen-bond acceptors (Lipinski definition) is 3. The van der Waals surface area contributed by atoms with Crippen molar-refractivity contribution in [3.8, 4) is 0 Å². The Labute approximate surface area is 89.9 Å². The average molecular weight is 207 g/mol. The largest absolute Gasteiger partial charge is 0.472 e. The van der Waals surface area contributed by atoms with Crippen LogP contribution in [0.4, 0.5) is 0 Å². The lowest BCUT2D eigenvalue weighted by atomic mass is 9.86. The number of rotatable bonds is 4. The van der Waals surface area contributed by atoms with Gasteiger partial charge in [0.1, 0.15) is 0 Å². The molecule has 0 bridgehead atoms. The zero-order valence-electron chi connectivity index (χ0n) is 9.08. The second-order valence-electron chi connectivity index (χ2n) is 4.20. The minimum Gasteiger partial charge on any atom is -0.472 e. The molecule has 1 fully saturated rings. The maximum Gasteiger partial charge on any atom is 0.157 e. The highest BCUT2D eigenvalue weighted by molar-refractivity contribution is 5.90. The summed E-state index contributed by atoms with van der Waals surface area (Å²) in [7, 11) is 0. The van der Waals surface area contributed by atoms with E-state index < -0.39 is 0 Å². The predicted octanol–water partition coefficient (Wildman–Crippen LogP) is 1.92. The Hall–Kier alpha value is -1.09. The van der Waals surface area contributed by atoms with Gasteiger partial charge >= 0.3 is 0 Å². The Morgan fingerprint density at radius 1 is 1.67 bits per heavy atom. The van der Waals surface area contributed by atoms with E-state index in [2.05, 4.69) is 12.2 Å². The molecule has 0 aromatic carbocycles. The monoisotopic (exact) mass is 207 g/mol. The van der Waals surface area contributed by atoms with E-state index in [1.807, 2.05) is 6.07 Å². The van der Waals surface area contributed by atoms with Gasteiger partial charge in [-0.05, 0) is 37.4 Å². The van der Waals surface area contributed by atoms with Crippen LogP contribution < -0.4 is 5.32 Å². The van der Waals surface area contributed by atoms with Crippen LogP contribution in [0.2, 0.25) is 0 Å². The van der Waals surface area contributed by atoms with Gasteiger partial charge < -0.3 is 9.73 Å². The van der Waals surface area contributed by atoms with E-state index in [0.717, 1.165) is 31.4 Å². The molecule has 0 aliphatic carbocycles. The average Bonchev–Trinajstić information content (AvgIpc) is 2.87. The molecule has 1 N–H and O–H groups in total. The van der Waals surface area contributed by atoms with Crippen molar-refractivity contribution >= 4 is 5.78 Å². The van der Waals surface area contributed by atoms with Crippen LogP contribution in [-0.4, -0.2) is 17.9 Å². The molecule has 3 nitrogen and oxygen atoms in total. The third kappa shape index (κ3) is 1.97. The summed E-state index contributed by atoms with van der Waals surface area (Å²) in [5.41, 5.74) is 0.707. The van der Waals surface area contributed by atoms with Gasteiger partial charge in [0, 0.05) is 6.42 Å². The fraction of sp³-hybridized carbons (Fsp3) is 0.583. The van der Waals surface area contributed by atoms with Crippen molar-refractivity contribution in [2.75, 3.05) is 6.54 Å². The Kier molecular flexibility index (Phi) is 2.91. The lowest BCUT2D eigenvalue weighted by Crippen LogP contribution is -2.47. The molecule has 1 aromatic rings. The first-order chi connectivity index (χ1) is 7.27. The Balaban J connectivity index is 2.06. The summed E-state index contributed by atoms with van der Waals surface area (Å²) in [5.74, 6) is 0.295. The predicted molar refractivity (Wildman–Crippen MR) is 57.7 cm³/mol. The maximum atomic E-state index is 12.2. The van der Waals surface area contributed by atoms with Crippen LogP contribution in [0.5, 0.6) is 0 Å². The summed E-state index contributed by atoms with van der Waals surface area (Å²) in [6.07, 6.45) is 6.70. The summed E-state index contributed by atoms with van der Waals surface area (Å²) < 4.78 is 4.97. The molecule has 1 aliphatic heterocycles. The Bertz CT molecular complexity index is 323. The van der Waals surface area contributed by atoms with Crippen molar-refractivity contribution in [1.29, 1.82) is 0 Å². The van der Waals surface area contributed by atoms with Gasteiger partial charge in [-0.25, -0.2) is 0 Å². The summed E-state index contributed by atoms with van der Waals surface area (Å²) >= 11 is 0. The summed E-state index contributed by atoms with van der Waals surface area (Å²) in [6, 6.07) is 1.86. The Morgan fingerprint density at radius 2 is 2.53 bits per heavy atom. The van der Waals surface area contributed by atoms with Gasteiger partial charge in [0.05, 0.1) is 18.1 Å². The van der Waals surface area contributed by atoms with Gasteiger partial charge in [-0.3, -0.25) is 4.79 Å². The summed E-state index contributed by atoms with van der Waals surface area (Å²) in [6.45, 7) is 3.04. The van der Waals surface area contributed by atoms with Crippen molar-refractivity contribution in [1.82, 2.24) is 5.32 Å². The van der Waals surface area contributed by atoms with Gasteiger partial charge in [-0.1, -0.05) is 6.92 Å². The van der Waals surface area contributed by atoms with Gasteiger partial charge in [-0.2, -0.15) is 0 Å². The third-order valence-corrected chi connectivity index (χ3v) is 3.33. The number of furan rings is 1. The number of Topliss-reactive ketones (excluding diaryl/α,β-unsaturated/α-hetero) is 1. The molecule has 1 aromatic heterocycles. The Morgan fingerprint density at radius 3 is 3.07 bits per heavy atom. The number of carbonyl (C=O) groups excluding carboxylic acids is 1. The third-order valence-electron chi connectivity index (χ3n) is 3.33. The molecule has 0 radical (unpaired) electrons. The molecular weight excluding hydrogens is 190 g/mol. The highest BCUT2D eigenvalue weighted by atomic mass is 16.3. The smallest absolute Gasteiger partial charge is 0.157 e. The highest BCUT2D eigenvalue weighted by Gasteiger charge is 2.38. The molecule has 2 heterocycles. The molecule has 15 heavy (non-hydrogen) atoms. The molecule has 0 spiro atoms. The standard InChI is InChI=1S/C12H17NO2/c1-2-12(5-3-6-13-12)11(14)8-10-4-7-15-9-10/h4,7,9,13H,2-3,5-6,8H2,1H3. The van der Waals surface area contributed by atoms with Crippen LogP contribution in [0.25, 0.3) is 0 Å². The minimum absolute atomic E-state index is 0.267. The van der Waals surface area contributed by atoms with Crippen molar-refractivity contribution in [2.24, 2.45) is 0 Å². The van der Waals surface area contributed by atoms with Crippen LogP contribution in [0, 0.1) is 0 Å². The summed E-state index contributed by atoms with van der Waals surface area (Å²) in [4.78, 5) is 12.2. The van der Waals surface area contributed by atoms with Crippen LogP contribution in [-0.2, 0) is 11.2 Å². The molecular formula is C12H17NO2. The van der Waals surface area contributed by atoms with Crippen LogP contribution >= 0.6 is 0 Å². The van der Waals surface area contributed by atoms with Crippen LogP contribution in [0.3, 0.4) is 0 Å². The number of hydrogen-bond donors (Lipinski definition) is 1. The number of carbonyl (C=O) groups is 1. The molecule has 0 saturated carbocycles.